The number of rotatable bonds is 5. The maximum Gasteiger partial charge on any atom is 0.325 e. The first-order valence-corrected chi connectivity index (χ1v) is 9.74. The third-order valence-electron chi connectivity index (χ3n) is 4.73. The van der Waals surface area contributed by atoms with Gasteiger partial charge in [0.05, 0.1) is 7.11 Å². The lowest BCUT2D eigenvalue weighted by molar-refractivity contribution is -0.141. The molecule has 1 fully saturated rings. The van der Waals surface area contributed by atoms with Crippen LogP contribution in [0.15, 0.2) is 41.8 Å². The summed E-state index contributed by atoms with van der Waals surface area (Å²) in [4.78, 5) is 38.9. The highest BCUT2D eigenvalue weighted by molar-refractivity contribution is 7.13. The second kappa shape index (κ2) is 8.81. The number of piperidine rings is 1. The summed E-state index contributed by atoms with van der Waals surface area (Å²) in [6, 6.07) is 11.7. The Hall–Kier alpha value is -2.67. The van der Waals surface area contributed by atoms with E-state index in [9.17, 15) is 14.4 Å². The number of nitrogens with zero attached hydrogens (tertiary/aromatic N) is 1. The van der Waals surface area contributed by atoms with Crippen LogP contribution in [0.4, 0.5) is 0 Å². The van der Waals surface area contributed by atoms with Crippen LogP contribution in [0, 0.1) is 5.92 Å². The van der Waals surface area contributed by atoms with Gasteiger partial charge in [-0.3, -0.25) is 14.4 Å². The second-order valence-electron chi connectivity index (χ2n) is 6.42. The Labute approximate surface area is 162 Å². The minimum absolute atomic E-state index is 0.0128. The maximum atomic E-state index is 12.7. The van der Waals surface area contributed by atoms with Crippen molar-refractivity contribution in [3.8, 4) is 10.4 Å². The molecule has 1 N–H and O–H groups in total. The highest BCUT2D eigenvalue weighted by Gasteiger charge is 2.28. The van der Waals surface area contributed by atoms with Crippen molar-refractivity contribution in [3.63, 3.8) is 0 Å². The average Bonchev–Trinajstić information content (AvgIpc) is 3.26. The summed E-state index contributed by atoms with van der Waals surface area (Å²) >= 11 is 1.67. The summed E-state index contributed by atoms with van der Waals surface area (Å²) < 4.78 is 4.51. The predicted molar refractivity (Wildman–Crippen MR) is 103 cm³/mol. The molecule has 0 saturated carbocycles. The zero-order chi connectivity index (χ0) is 19.2. The Bertz CT molecular complexity index is 794. The molecule has 0 aliphatic carbocycles. The summed E-state index contributed by atoms with van der Waals surface area (Å²) in [5, 5.41) is 4.61. The van der Waals surface area contributed by atoms with Gasteiger partial charge in [0.2, 0.25) is 5.91 Å². The van der Waals surface area contributed by atoms with Crippen LogP contribution in [0.1, 0.15) is 23.2 Å². The summed E-state index contributed by atoms with van der Waals surface area (Å²) in [6.45, 7) is 0.939. The molecule has 27 heavy (non-hydrogen) atoms. The van der Waals surface area contributed by atoms with Crippen molar-refractivity contribution in [1.29, 1.82) is 0 Å². The number of ether oxygens (including phenoxy) is 1. The fourth-order valence-corrected chi connectivity index (χ4v) is 3.86. The van der Waals surface area contributed by atoms with Crippen molar-refractivity contribution in [2.75, 3.05) is 26.7 Å². The largest absolute Gasteiger partial charge is 0.468 e. The van der Waals surface area contributed by atoms with E-state index in [1.54, 1.807) is 16.2 Å². The lowest BCUT2D eigenvalue weighted by Gasteiger charge is -2.31. The molecule has 1 aromatic heterocycles. The van der Waals surface area contributed by atoms with E-state index in [-0.39, 0.29) is 24.3 Å². The Morgan fingerprint density at radius 2 is 1.85 bits per heavy atom. The zero-order valence-corrected chi connectivity index (χ0v) is 16.0. The van der Waals surface area contributed by atoms with E-state index in [0.717, 1.165) is 5.56 Å². The molecule has 3 rings (SSSR count). The van der Waals surface area contributed by atoms with E-state index < -0.39 is 5.97 Å². The molecule has 0 atom stereocenters. The third kappa shape index (κ3) is 4.74. The van der Waals surface area contributed by atoms with E-state index in [1.807, 2.05) is 35.7 Å². The SMILES string of the molecule is COC(=O)CNC(=O)C1CCN(C(=O)c2ccc(-c3cccs3)cc2)CC1. The first kappa shape index (κ1) is 19.1. The first-order chi connectivity index (χ1) is 13.1. The van der Waals surface area contributed by atoms with Crippen LogP contribution >= 0.6 is 11.3 Å². The van der Waals surface area contributed by atoms with Crippen LogP contribution in [0.25, 0.3) is 10.4 Å². The zero-order valence-electron chi connectivity index (χ0n) is 15.1. The lowest BCUT2D eigenvalue weighted by Crippen LogP contribution is -2.44. The normalized spacial score (nSPS) is 14.6. The Morgan fingerprint density at radius 1 is 1.15 bits per heavy atom. The quantitative estimate of drug-likeness (QED) is 0.802. The molecule has 0 unspecified atom stereocenters. The van der Waals surface area contributed by atoms with E-state index in [2.05, 4.69) is 16.1 Å². The molecular formula is C20H22N2O4S. The van der Waals surface area contributed by atoms with Crippen LogP contribution in [-0.2, 0) is 14.3 Å². The number of methoxy groups -OCH3 is 1. The average molecular weight is 386 g/mol. The number of likely N-dealkylation sites (tertiary alicyclic amines) is 1. The summed E-state index contributed by atoms with van der Waals surface area (Å²) in [5.41, 5.74) is 1.76. The van der Waals surface area contributed by atoms with E-state index >= 15 is 0 Å². The fourth-order valence-electron chi connectivity index (χ4n) is 3.12. The van der Waals surface area contributed by atoms with Gasteiger partial charge in [-0.05, 0) is 42.0 Å². The van der Waals surface area contributed by atoms with Crippen LogP contribution in [0.2, 0.25) is 0 Å². The minimum Gasteiger partial charge on any atom is -0.468 e. The van der Waals surface area contributed by atoms with Crippen molar-refractivity contribution in [2.45, 2.75) is 12.8 Å². The molecule has 1 aromatic carbocycles. The number of hydrogen-bond acceptors (Lipinski definition) is 5. The third-order valence-corrected chi connectivity index (χ3v) is 5.64. The van der Waals surface area contributed by atoms with Crippen molar-refractivity contribution in [2.24, 2.45) is 5.92 Å². The summed E-state index contributed by atoms with van der Waals surface area (Å²) in [6.07, 6.45) is 1.18. The maximum absolute atomic E-state index is 12.7. The fraction of sp³-hybridized carbons (Fsp3) is 0.350. The number of esters is 1. The molecule has 0 bridgehead atoms. The van der Waals surface area contributed by atoms with Crippen molar-refractivity contribution in [1.82, 2.24) is 10.2 Å². The van der Waals surface area contributed by atoms with Gasteiger partial charge in [-0.1, -0.05) is 18.2 Å². The number of carbonyl (C=O) groups is 3. The van der Waals surface area contributed by atoms with Crippen LogP contribution in [-0.4, -0.2) is 49.4 Å². The first-order valence-electron chi connectivity index (χ1n) is 8.86. The van der Waals surface area contributed by atoms with Crippen LogP contribution in [0.5, 0.6) is 0 Å². The number of hydrogen-bond donors (Lipinski definition) is 1. The van der Waals surface area contributed by atoms with Gasteiger partial charge in [0, 0.05) is 29.4 Å². The van der Waals surface area contributed by atoms with E-state index in [0.29, 0.717) is 31.5 Å². The van der Waals surface area contributed by atoms with Gasteiger partial charge in [-0.2, -0.15) is 0 Å². The number of amides is 2. The number of thiophene rings is 1. The topological polar surface area (TPSA) is 75.7 Å². The molecule has 1 saturated heterocycles. The van der Waals surface area contributed by atoms with Crippen LogP contribution < -0.4 is 5.32 Å². The molecule has 0 spiro atoms. The van der Waals surface area contributed by atoms with Gasteiger partial charge in [0.25, 0.3) is 5.91 Å². The molecule has 142 valence electrons. The van der Waals surface area contributed by atoms with Gasteiger partial charge >= 0.3 is 5.97 Å². The monoisotopic (exact) mass is 386 g/mol. The van der Waals surface area contributed by atoms with Gasteiger partial charge in [0.1, 0.15) is 6.54 Å². The highest BCUT2D eigenvalue weighted by atomic mass is 32.1. The van der Waals surface area contributed by atoms with Crippen molar-refractivity contribution < 1.29 is 19.1 Å². The Balaban J connectivity index is 1.52. The van der Waals surface area contributed by atoms with E-state index in [4.69, 9.17) is 0 Å². The standard InChI is InChI=1S/C20H22N2O4S/c1-26-18(23)13-21-19(24)15-8-10-22(11-9-15)20(25)16-6-4-14(5-7-16)17-3-2-12-27-17/h2-7,12,15H,8-11,13H2,1H3,(H,21,24). The number of carbonyl (C=O) groups excluding carboxylic acids is 3. The number of nitrogens with one attached hydrogen (secondary N) is 1. The molecule has 1 aliphatic rings. The second-order valence-corrected chi connectivity index (χ2v) is 7.36. The molecular weight excluding hydrogens is 364 g/mol. The minimum atomic E-state index is -0.470. The molecule has 2 aromatic rings. The molecule has 0 radical (unpaired) electrons. The molecule has 2 amide bonds. The number of benzene rings is 1. The van der Waals surface area contributed by atoms with Gasteiger partial charge in [-0.15, -0.1) is 11.3 Å². The van der Waals surface area contributed by atoms with E-state index in [1.165, 1.54) is 12.0 Å². The highest BCUT2D eigenvalue weighted by Crippen LogP contribution is 2.25. The van der Waals surface area contributed by atoms with Crippen molar-refractivity contribution >= 4 is 29.1 Å². The van der Waals surface area contributed by atoms with Gasteiger partial charge < -0.3 is 15.0 Å². The van der Waals surface area contributed by atoms with Crippen molar-refractivity contribution in [3.05, 3.63) is 47.3 Å². The summed E-state index contributed by atoms with van der Waals surface area (Å²) in [7, 11) is 1.28. The summed E-state index contributed by atoms with van der Waals surface area (Å²) in [5.74, 6) is -0.823. The molecule has 1 aliphatic heterocycles. The molecule has 7 heteroatoms. The molecule has 2 heterocycles. The smallest absolute Gasteiger partial charge is 0.325 e. The predicted octanol–water partition coefficient (Wildman–Crippen LogP) is 2.56. The Kier molecular flexibility index (Phi) is 6.24. The Morgan fingerprint density at radius 3 is 2.44 bits per heavy atom. The van der Waals surface area contributed by atoms with Gasteiger partial charge in [-0.25, -0.2) is 0 Å². The lowest BCUT2D eigenvalue weighted by atomic mass is 9.95. The molecule has 6 nitrogen and oxygen atoms in total. The van der Waals surface area contributed by atoms with Gasteiger partial charge in [0.15, 0.2) is 0 Å². The van der Waals surface area contributed by atoms with Crippen LogP contribution in [0.3, 0.4) is 0 Å².